The van der Waals surface area contributed by atoms with Gasteiger partial charge in [0.05, 0.1) is 27.3 Å². The highest BCUT2D eigenvalue weighted by Crippen LogP contribution is 2.28. The maximum atomic E-state index is 12.2. The Hall–Kier alpha value is -2.73. The number of hydrogen-bond acceptors (Lipinski definition) is 5. The number of likely N-dealkylation sites (tertiary alicyclic amines) is 1. The standard InChI is InChI=1S/C19H19ClN2O4/c1-24-16-7-5-13(10-17(16)25-2)6-8-18(23)22-11-14(12-22)26-19-15(20)4-3-9-21-19/h3-10,14H,11-12H2,1-2H3/b8-6+. The van der Waals surface area contributed by atoms with Gasteiger partial charge in [-0.15, -0.1) is 0 Å². The summed E-state index contributed by atoms with van der Waals surface area (Å²) in [6.07, 6.45) is 4.80. The lowest BCUT2D eigenvalue weighted by Gasteiger charge is -2.38. The van der Waals surface area contributed by atoms with E-state index in [1.165, 1.54) is 6.08 Å². The Morgan fingerprint density at radius 1 is 1.23 bits per heavy atom. The van der Waals surface area contributed by atoms with Crippen LogP contribution >= 0.6 is 11.6 Å². The third kappa shape index (κ3) is 4.08. The monoisotopic (exact) mass is 374 g/mol. The van der Waals surface area contributed by atoms with Crippen molar-refractivity contribution in [2.75, 3.05) is 27.3 Å². The molecule has 2 aromatic rings. The van der Waals surface area contributed by atoms with Crippen LogP contribution in [0.3, 0.4) is 0 Å². The van der Waals surface area contributed by atoms with E-state index in [1.54, 1.807) is 49.6 Å². The summed E-state index contributed by atoms with van der Waals surface area (Å²) >= 11 is 6.01. The van der Waals surface area contributed by atoms with Crippen molar-refractivity contribution in [1.82, 2.24) is 9.88 Å². The van der Waals surface area contributed by atoms with Crippen LogP contribution in [-0.2, 0) is 4.79 Å². The molecule has 7 heteroatoms. The minimum absolute atomic E-state index is 0.0771. The molecule has 0 radical (unpaired) electrons. The summed E-state index contributed by atoms with van der Waals surface area (Å²) in [5.41, 5.74) is 0.851. The molecule has 1 saturated heterocycles. The Labute approximate surface area is 156 Å². The lowest BCUT2D eigenvalue weighted by atomic mass is 10.1. The number of carbonyl (C=O) groups excluding carboxylic acids is 1. The number of nitrogens with zero attached hydrogens (tertiary/aromatic N) is 2. The Morgan fingerprint density at radius 3 is 2.69 bits per heavy atom. The minimum atomic E-state index is -0.0965. The average Bonchev–Trinajstić information content (AvgIpc) is 2.63. The van der Waals surface area contributed by atoms with Crippen LogP contribution in [0.25, 0.3) is 6.08 Å². The van der Waals surface area contributed by atoms with Crippen molar-refractivity contribution in [3.8, 4) is 17.4 Å². The topological polar surface area (TPSA) is 60.9 Å². The number of benzene rings is 1. The van der Waals surface area contributed by atoms with Gasteiger partial charge >= 0.3 is 0 Å². The molecular formula is C19H19ClN2O4. The number of methoxy groups -OCH3 is 2. The molecule has 0 aliphatic carbocycles. The number of amides is 1. The molecule has 1 aliphatic heterocycles. The summed E-state index contributed by atoms with van der Waals surface area (Å²) in [4.78, 5) is 18.0. The summed E-state index contributed by atoms with van der Waals surface area (Å²) in [5, 5.41) is 0.464. The molecule has 0 bridgehead atoms. The second-order valence-electron chi connectivity index (χ2n) is 5.72. The van der Waals surface area contributed by atoms with E-state index in [2.05, 4.69) is 4.98 Å². The molecule has 26 heavy (non-hydrogen) atoms. The zero-order valence-corrected chi connectivity index (χ0v) is 15.3. The van der Waals surface area contributed by atoms with Gasteiger partial charge in [0.15, 0.2) is 11.5 Å². The zero-order chi connectivity index (χ0) is 18.5. The molecule has 136 valence electrons. The Balaban J connectivity index is 1.54. The number of halogens is 1. The van der Waals surface area contributed by atoms with E-state index in [0.717, 1.165) is 5.56 Å². The summed E-state index contributed by atoms with van der Waals surface area (Å²) in [5.74, 6) is 1.58. The molecule has 1 aliphatic rings. The number of pyridine rings is 1. The summed E-state index contributed by atoms with van der Waals surface area (Å²) in [6.45, 7) is 1.00. The molecule has 6 nitrogen and oxygen atoms in total. The van der Waals surface area contributed by atoms with E-state index >= 15 is 0 Å². The van der Waals surface area contributed by atoms with Crippen molar-refractivity contribution in [2.24, 2.45) is 0 Å². The van der Waals surface area contributed by atoms with Crippen molar-refractivity contribution >= 4 is 23.6 Å². The van der Waals surface area contributed by atoms with Crippen LogP contribution in [0, 0.1) is 0 Å². The van der Waals surface area contributed by atoms with Gasteiger partial charge in [-0.05, 0) is 35.9 Å². The van der Waals surface area contributed by atoms with Crippen molar-refractivity contribution in [3.05, 3.63) is 53.2 Å². The molecule has 0 saturated carbocycles. The minimum Gasteiger partial charge on any atom is -0.493 e. The Morgan fingerprint density at radius 2 is 2.00 bits per heavy atom. The third-order valence-corrected chi connectivity index (χ3v) is 4.28. The first-order valence-electron chi connectivity index (χ1n) is 8.07. The molecule has 1 amide bonds. The third-order valence-electron chi connectivity index (χ3n) is 3.99. The highest BCUT2D eigenvalue weighted by Gasteiger charge is 2.31. The van der Waals surface area contributed by atoms with Crippen LogP contribution in [0.15, 0.2) is 42.6 Å². The van der Waals surface area contributed by atoms with E-state index in [4.69, 9.17) is 25.8 Å². The van der Waals surface area contributed by atoms with Crippen molar-refractivity contribution in [2.45, 2.75) is 6.10 Å². The van der Waals surface area contributed by atoms with Crippen LogP contribution in [-0.4, -0.2) is 49.2 Å². The van der Waals surface area contributed by atoms with Crippen molar-refractivity contribution in [3.63, 3.8) is 0 Å². The van der Waals surface area contributed by atoms with Gasteiger partial charge in [0, 0.05) is 12.3 Å². The largest absolute Gasteiger partial charge is 0.493 e. The molecule has 3 rings (SSSR count). The van der Waals surface area contributed by atoms with Crippen molar-refractivity contribution < 1.29 is 19.0 Å². The highest BCUT2D eigenvalue weighted by atomic mass is 35.5. The molecule has 1 fully saturated rings. The van der Waals surface area contributed by atoms with E-state index in [0.29, 0.717) is 35.5 Å². The molecule has 0 N–H and O–H groups in total. The normalized spacial score (nSPS) is 14.2. The van der Waals surface area contributed by atoms with Crippen LogP contribution in [0.2, 0.25) is 5.02 Å². The van der Waals surface area contributed by atoms with Crippen LogP contribution < -0.4 is 14.2 Å². The maximum absolute atomic E-state index is 12.2. The van der Waals surface area contributed by atoms with Crippen molar-refractivity contribution in [1.29, 1.82) is 0 Å². The number of hydrogen-bond donors (Lipinski definition) is 0. The van der Waals surface area contributed by atoms with E-state index in [9.17, 15) is 4.79 Å². The zero-order valence-electron chi connectivity index (χ0n) is 14.5. The van der Waals surface area contributed by atoms with Gasteiger partial charge in [0.25, 0.3) is 0 Å². The van der Waals surface area contributed by atoms with Gasteiger partial charge in [0.2, 0.25) is 11.8 Å². The second-order valence-corrected chi connectivity index (χ2v) is 6.13. The average molecular weight is 375 g/mol. The summed E-state index contributed by atoms with van der Waals surface area (Å²) < 4.78 is 16.1. The molecule has 2 heterocycles. The highest BCUT2D eigenvalue weighted by molar-refractivity contribution is 6.31. The van der Waals surface area contributed by atoms with Gasteiger partial charge in [-0.25, -0.2) is 4.98 Å². The van der Waals surface area contributed by atoms with Gasteiger partial charge in [-0.2, -0.15) is 0 Å². The number of ether oxygens (including phenoxy) is 3. The van der Waals surface area contributed by atoms with Gasteiger partial charge in [0.1, 0.15) is 11.1 Å². The first-order valence-corrected chi connectivity index (χ1v) is 8.44. The Kier molecular flexibility index (Phi) is 5.63. The smallest absolute Gasteiger partial charge is 0.246 e. The molecular weight excluding hydrogens is 356 g/mol. The van der Waals surface area contributed by atoms with E-state index in [1.807, 2.05) is 12.1 Å². The lowest BCUT2D eigenvalue weighted by molar-refractivity contribution is -0.134. The molecule has 0 atom stereocenters. The fourth-order valence-electron chi connectivity index (χ4n) is 2.54. The SMILES string of the molecule is COc1ccc(/C=C/C(=O)N2CC(Oc3ncccc3Cl)C2)cc1OC. The number of carbonyl (C=O) groups is 1. The Bertz CT molecular complexity index is 819. The van der Waals surface area contributed by atoms with E-state index in [-0.39, 0.29) is 12.0 Å². The first-order chi connectivity index (χ1) is 12.6. The molecule has 1 aromatic heterocycles. The predicted octanol–water partition coefficient (Wildman–Crippen LogP) is 3.06. The number of rotatable bonds is 6. The molecule has 0 spiro atoms. The van der Waals surface area contributed by atoms with E-state index < -0.39 is 0 Å². The first kappa shape index (κ1) is 18.1. The van der Waals surface area contributed by atoms with Crippen LogP contribution in [0.5, 0.6) is 17.4 Å². The fraction of sp³-hybridized carbons (Fsp3) is 0.263. The summed E-state index contributed by atoms with van der Waals surface area (Å²) in [6, 6.07) is 8.93. The lowest BCUT2D eigenvalue weighted by Crippen LogP contribution is -2.55. The molecule has 0 unspecified atom stereocenters. The quantitative estimate of drug-likeness (QED) is 0.727. The number of aromatic nitrogens is 1. The maximum Gasteiger partial charge on any atom is 0.246 e. The van der Waals surface area contributed by atoms with Crippen LogP contribution in [0.4, 0.5) is 0 Å². The molecule has 1 aromatic carbocycles. The van der Waals surface area contributed by atoms with Gasteiger partial charge in [-0.1, -0.05) is 17.7 Å². The van der Waals surface area contributed by atoms with Crippen LogP contribution in [0.1, 0.15) is 5.56 Å². The second kappa shape index (κ2) is 8.10. The van der Waals surface area contributed by atoms with Gasteiger partial charge in [-0.3, -0.25) is 4.79 Å². The predicted molar refractivity (Wildman–Crippen MR) is 98.8 cm³/mol. The van der Waals surface area contributed by atoms with Gasteiger partial charge < -0.3 is 19.1 Å². The summed E-state index contributed by atoms with van der Waals surface area (Å²) in [7, 11) is 3.15. The fourth-order valence-corrected chi connectivity index (χ4v) is 2.70.